The maximum atomic E-state index is 12.9. The van der Waals surface area contributed by atoms with E-state index in [4.69, 9.17) is 16.3 Å². The molecule has 0 unspecified atom stereocenters. The molecule has 1 fully saturated rings. The lowest BCUT2D eigenvalue weighted by Gasteiger charge is -2.17. The van der Waals surface area contributed by atoms with Crippen molar-refractivity contribution in [3.63, 3.8) is 0 Å². The summed E-state index contributed by atoms with van der Waals surface area (Å²) >= 11 is 5.63. The van der Waals surface area contributed by atoms with Crippen LogP contribution in [-0.4, -0.2) is 12.3 Å². The molecule has 3 rings (SSSR count). The number of benzene rings is 2. The van der Waals surface area contributed by atoms with E-state index in [0.717, 1.165) is 24.5 Å². The maximum Gasteiger partial charge on any atom is 0.417 e. The van der Waals surface area contributed by atoms with Crippen molar-refractivity contribution >= 4 is 17.8 Å². The zero-order valence-electron chi connectivity index (χ0n) is 14.8. The van der Waals surface area contributed by atoms with Crippen LogP contribution < -0.4 is 4.74 Å². The number of alkyl halides is 3. The molecule has 1 saturated carbocycles. The van der Waals surface area contributed by atoms with Gasteiger partial charge in [-0.2, -0.15) is 13.2 Å². The Morgan fingerprint density at radius 1 is 1.04 bits per heavy atom. The van der Waals surface area contributed by atoms with Gasteiger partial charge < -0.3 is 4.74 Å². The first-order chi connectivity index (χ1) is 12.9. The number of aliphatic imine (C=N–C) groups is 1. The molecule has 0 radical (unpaired) electrons. The average Bonchev–Trinajstić information content (AvgIpc) is 2.66. The summed E-state index contributed by atoms with van der Waals surface area (Å²) in [5.74, 6) is 0.591. The van der Waals surface area contributed by atoms with Crippen LogP contribution in [0, 0.1) is 0 Å². The van der Waals surface area contributed by atoms with Gasteiger partial charge in [-0.25, -0.2) is 0 Å². The van der Waals surface area contributed by atoms with E-state index in [1.165, 1.54) is 31.4 Å². The molecule has 144 valence electrons. The molecular weight excluding hydrogens is 375 g/mol. The van der Waals surface area contributed by atoms with Gasteiger partial charge in [-0.3, -0.25) is 4.99 Å². The minimum absolute atomic E-state index is 0.0375. The largest absolute Gasteiger partial charge is 0.489 e. The molecule has 2 aromatic rings. The molecule has 0 aliphatic heterocycles. The quantitative estimate of drug-likeness (QED) is 0.517. The van der Waals surface area contributed by atoms with Gasteiger partial charge in [0, 0.05) is 12.3 Å². The Bertz CT molecular complexity index is 781. The Kier molecular flexibility index (Phi) is 6.42. The van der Waals surface area contributed by atoms with E-state index in [0.29, 0.717) is 17.4 Å². The topological polar surface area (TPSA) is 21.6 Å². The van der Waals surface area contributed by atoms with Crippen LogP contribution in [0.2, 0.25) is 5.02 Å². The molecule has 0 bridgehead atoms. The molecule has 1 aliphatic carbocycles. The van der Waals surface area contributed by atoms with E-state index in [-0.39, 0.29) is 11.6 Å². The Morgan fingerprint density at radius 3 is 2.41 bits per heavy atom. The van der Waals surface area contributed by atoms with Crippen LogP contribution in [0.4, 0.5) is 13.2 Å². The number of rotatable bonds is 5. The Labute approximate surface area is 162 Å². The fourth-order valence-corrected chi connectivity index (χ4v) is 3.34. The zero-order chi connectivity index (χ0) is 19.3. The number of hydrogen-bond donors (Lipinski definition) is 0. The zero-order valence-corrected chi connectivity index (χ0v) is 15.6. The molecule has 0 saturated heterocycles. The molecule has 0 N–H and O–H groups in total. The average molecular weight is 396 g/mol. The first kappa shape index (κ1) is 19.7. The van der Waals surface area contributed by atoms with Gasteiger partial charge in [0.1, 0.15) is 12.4 Å². The maximum absolute atomic E-state index is 12.9. The summed E-state index contributed by atoms with van der Waals surface area (Å²) < 4.78 is 44.3. The second-order valence-electron chi connectivity index (χ2n) is 6.74. The van der Waals surface area contributed by atoms with Gasteiger partial charge in [0.2, 0.25) is 0 Å². The summed E-state index contributed by atoms with van der Waals surface area (Å²) in [4.78, 5) is 4.63. The molecule has 0 amide bonds. The highest BCUT2D eigenvalue weighted by Crippen LogP contribution is 2.35. The summed E-state index contributed by atoms with van der Waals surface area (Å²) in [6.07, 6.45) is 3.50. The molecule has 2 nitrogen and oxygen atoms in total. The summed E-state index contributed by atoms with van der Waals surface area (Å²) in [5.41, 5.74) is 0.549. The van der Waals surface area contributed by atoms with Gasteiger partial charge in [0.05, 0.1) is 10.6 Å². The normalized spacial score (nSPS) is 16.0. The van der Waals surface area contributed by atoms with Crippen molar-refractivity contribution in [1.82, 2.24) is 0 Å². The smallest absolute Gasteiger partial charge is 0.417 e. The van der Waals surface area contributed by atoms with E-state index < -0.39 is 11.7 Å². The lowest BCUT2D eigenvalue weighted by molar-refractivity contribution is -0.137. The van der Waals surface area contributed by atoms with Crippen molar-refractivity contribution in [2.24, 2.45) is 4.99 Å². The number of halogens is 4. The number of hydrogen-bond acceptors (Lipinski definition) is 2. The monoisotopic (exact) mass is 395 g/mol. The third kappa shape index (κ3) is 5.73. The van der Waals surface area contributed by atoms with Crippen LogP contribution in [0.5, 0.6) is 5.75 Å². The van der Waals surface area contributed by atoms with Crippen LogP contribution in [0.1, 0.15) is 48.8 Å². The van der Waals surface area contributed by atoms with Crippen LogP contribution in [0.3, 0.4) is 0 Å². The second kappa shape index (κ2) is 8.79. The molecule has 0 aromatic heterocycles. The first-order valence-corrected chi connectivity index (χ1v) is 9.41. The Hall–Kier alpha value is -2.01. The van der Waals surface area contributed by atoms with E-state index in [1.807, 2.05) is 18.3 Å². The SMILES string of the molecule is FC(F)(F)c1cc(COc2ccc(C=NC3CCCCC3)cc2)ccc1Cl. The molecule has 27 heavy (non-hydrogen) atoms. The van der Waals surface area contributed by atoms with Crippen molar-refractivity contribution in [2.75, 3.05) is 0 Å². The van der Waals surface area contributed by atoms with Gasteiger partial charge in [-0.15, -0.1) is 0 Å². The van der Waals surface area contributed by atoms with E-state index in [9.17, 15) is 13.2 Å². The Balaban J connectivity index is 1.58. The second-order valence-corrected chi connectivity index (χ2v) is 7.15. The van der Waals surface area contributed by atoms with Gasteiger partial charge in [-0.05, 0) is 60.4 Å². The summed E-state index contributed by atoms with van der Waals surface area (Å²) in [5, 5.41) is -0.312. The molecule has 0 atom stereocenters. The number of ether oxygens (including phenoxy) is 1. The van der Waals surface area contributed by atoms with Gasteiger partial charge in [0.15, 0.2) is 0 Å². The van der Waals surface area contributed by atoms with Crippen molar-refractivity contribution in [3.05, 3.63) is 64.2 Å². The van der Waals surface area contributed by atoms with Gasteiger partial charge in [0.25, 0.3) is 0 Å². The van der Waals surface area contributed by atoms with Crippen molar-refractivity contribution in [3.8, 4) is 5.75 Å². The minimum Gasteiger partial charge on any atom is -0.489 e. The van der Waals surface area contributed by atoms with Crippen molar-refractivity contribution in [2.45, 2.75) is 50.9 Å². The molecule has 0 heterocycles. The lowest BCUT2D eigenvalue weighted by Crippen LogP contribution is -2.09. The lowest BCUT2D eigenvalue weighted by atomic mass is 9.96. The van der Waals surface area contributed by atoms with Gasteiger partial charge >= 0.3 is 6.18 Å². The highest BCUT2D eigenvalue weighted by molar-refractivity contribution is 6.31. The molecular formula is C21H21ClF3NO. The fourth-order valence-electron chi connectivity index (χ4n) is 3.12. The fraction of sp³-hybridized carbons (Fsp3) is 0.381. The molecule has 2 aromatic carbocycles. The van der Waals surface area contributed by atoms with Crippen LogP contribution in [-0.2, 0) is 12.8 Å². The van der Waals surface area contributed by atoms with E-state index in [2.05, 4.69) is 4.99 Å². The summed E-state index contributed by atoms with van der Waals surface area (Å²) in [7, 11) is 0. The highest BCUT2D eigenvalue weighted by Gasteiger charge is 2.33. The third-order valence-electron chi connectivity index (χ3n) is 4.63. The van der Waals surface area contributed by atoms with Crippen LogP contribution >= 0.6 is 11.6 Å². The third-order valence-corrected chi connectivity index (χ3v) is 4.96. The van der Waals surface area contributed by atoms with E-state index in [1.54, 1.807) is 12.1 Å². The predicted octanol–water partition coefficient (Wildman–Crippen LogP) is 6.69. The molecule has 6 heteroatoms. The van der Waals surface area contributed by atoms with Gasteiger partial charge in [-0.1, -0.05) is 36.9 Å². The predicted molar refractivity (Wildman–Crippen MR) is 102 cm³/mol. The molecule has 0 spiro atoms. The summed E-state index contributed by atoms with van der Waals surface area (Å²) in [6, 6.07) is 11.6. The van der Waals surface area contributed by atoms with E-state index >= 15 is 0 Å². The minimum atomic E-state index is -4.48. The Morgan fingerprint density at radius 2 is 1.74 bits per heavy atom. The highest BCUT2D eigenvalue weighted by atomic mass is 35.5. The van der Waals surface area contributed by atoms with Crippen molar-refractivity contribution in [1.29, 1.82) is 0 Å². The molecule has 1 aliphatic rings. The standard InChI is InChI=1S/C21H21ClF3NO/c22-20-11-8-16(12-19(20)21(23,24)25)14-27-18-9-6-15(7-10-18)13-26-17-4-2-1-3-5-17/h6-13,17H,1-5,14H2. The van der Waals surface area contributed by atoms with Crippen molar-refractivity contribution < 1.29 is 17.9 Å². The number of nitrogens with zero attached hydrogens (tertiary/aromatic N) is 1. The summed E-state index contributed by atoms with van der Waals surface area (Å²) in [6.45, 7) is 0.0375. The van der Waals surface area contributed by atoms with Crippen LogP contribution in [0.25, 0.3) is 0 Å². The first-order valence-electron chi connectivity index (χ1n) is 9.03. The van der Waals surface area contributed by atoms with Crippen LogP contribution in [0.15, 0.2) is 47.5 Å².